The average Bonchev–Trinajstić information content (AvgIpc) is 2.45. The Labute approximate surface area is 130 Å². The van der Waals surface area contributed by atoms with Crippen molar-refractivity contribution in [3.05, 3.63) is 24.3 Å². The molecule has 0 saturated heterocycles. The lowest BCUT2D eigenvalue weighted by molar-refractivity contribution is -0.140. The number of ether oxygens (including phenoxy) is 2. The minimum absolute atomic E-state index is 0.0153. The Morgan fingerprint density at radius 2 is 1.82 bits per heavy atom. The van der Waals surface area contributed by atoms with Crippen LogP contribution >= 0.6 is 0 Å². The van der Waals surface area contributed by atoms with Crippen LogP contribution < -0.4 is 9.46 Å². The zero-order valence-electron chi connectivity index (χ0n) is 12.8. The molecule has 1 atom stereocenters. The third-order valence-electron chi connectivity index (χ3n) is 2.91. The lowest BCUT2D eigenvalue weighted by Crippen LogP contribution is -2.44. The van der Waals surface area contributed by atoms with Gasteiger partial charge < -0.3 is 14.6 Å². The van der Waals surface area contributed by atoms with E-state index in [1.165, 1.54) is 24.3 Å². The molecule has 0 radical (unpaired) electrons. The van der Waals surface area contributed by atoms with Gasteiger partial charge >= 0.3 is 5.97 Å². The van der Waals surface area contributed by atoms with Gasteiger partial charge in [0.25, 0.3) is 0 Å². The van der Waals surface area contributed by atoms with Crippen molar-refractivity contribution in [2.75, 3.05) is 20.3 Å². The summed E-state index contributed by atoms with van der Waals surface area (Å²) in [5.41, 5.74) is 0. The highest BCUT2D eigenvalue weighted by molar-refractivity contribution is 7.89. The van der Waals surface area contributed by atoms with Crippen molar-refractivity contribution < 1.29 is 27.8 Å². The van der Waals surface area contributed by atoms with Gasteiger partial charge in [-0.2, -0.15) is 4.72 Å². The Bertz CT molecular complexity index is 582. The second-order valence-corrected chi connectivity index (χ2v) is 6.71. The Kier molecular flexibility index (Phi) is 6.79. The second-order valence-electron chi connectivity index (χ2n) is 4.99. The molecule has 0 unspecified atom stereocenters. The summed E-state index contributed by atoms with van der Waals surface area (Å²) in [5, 5.41) is 9.06. The molecular weight excluding hydrogens is 310 g/mol. The maximum Gasteiger partial charge on any atom is 0.322 e. The summed E-state index contributed by atoms with van der Waals surface area (Å²) in [7, 11) is -2.35. The van der Waals surface area contributed by atoms with Crippen LogP contribution in [0.25, 0.3) is 0 Å². The van der Waals surface area contributed by atoms with Gasteiger partial charge in [-0.3, -0.25) is 4.79 Å². The largest absolute Gasteiger partial charge is 0.491 e. The molecular formula is C14H21NO6S. The molecule has 0 aromatic heterocycles. The Balaban J connectivity index is 2.82. The minimum Gasteiger partial charge on any atom is -0.491 e. The normalized spacial score (nSPS) is 13.1. The fourth-order valence-corrected chi connectivity index (χ4v) is 3.00. The van der Waals surface area contributed by atoms with E-state index in [1.54, 1.807) is 21.0 Å². The van der Waals surface area contributed by atoms with E-state index in [-0.39, 0.29) is 10.8 Å². The van der Waals surface area contributed by atoms with Crippen LogP contribution in [-0.4, -0.2) is 45.9 Å². The summed E-state index contributed by atoms with van der Waals surface area (Å²) < 4.78 is 36.7. The van der Waals surface area contributed by atoms with Crippen molar-refractivity contribution in [2.45, 2.75) is 24.8 Å². The van der Waals surface area contributed by atoms with Crippen LogP contribution in [0.4, 0.5) is 0 Å². The molecule has 7 nitrogen and oxygen atoms in total. The number of aliphatic carboxylic acids is 1. The van der Waals surface area contributed by atoms with Crippen LogP contribution in [0.3, 0.4) is 0 Å². The molecule has 1 aromatic rings. The summed E-state index contributed by atoms with van der Waals surface area (Å²) in [6.45, 7) is 4.05. The Morgan fingerprint density at radius 3 is 2.27 bits per heavy atom. The van der Waals surface area contributed by atoms with Gasteiger partial charge in [0, 0.05) is 7.11 Å². The zero-order valence-corrected chi connectivity index (χ0v) is 13.6. The van der Waals surface area contributed by atoms with Crippen molar-refractivity contribution in [1.82, 2.24) is 4.72 Å². The number of nitrogens with one attached hydrogen (secondary N) is 1. The monoisotopic (exact) mass is 331 g/mol. The molecule has 0 fully saturated rings. The molecule has 1 aromatic carbocycles. The summed E-state index contributed by atoms with van der Waals surface area (Å²) in [6, 6.07) is 4.57. The fourth-order valence-electron chi connectivity index (χ4n) is 1.66. The number of rotatable bonds is 9. The molecule has 2 N–H and O–H groups in total. The second kappa shape index (κ2) is 8.11. The minimum atomic E-state index is -3.90. The number of hydrogen-bond acceptors (Lipinski definition) is 5. The van der Waals surface area contributed by atoms with Gasteiger partial charge in [0.05, 0.1) is 11.5 Å². The smallest absolute Gasteiger partial charge is 0.322 e. The standard InChI is InChI=1S/C14H21NO6S/c1-10(2)13(14(16)17)15-22(18,19)12-6-4-11(5-7-12)21-9-8-20-3/h4-7,10,13,15H,8-9H2,1-3H3,(H,16,17)/t13-/m1/s1. The van der Waals surface area contributed by atoms with E-state index in [0.717, 1.165) is 0 Å². The quantitative estimate of drug-likeness (QED) is 0.657. The number of benzene rings is 1. The van der Waals surface area contributed by atoms with Gasteiger partial charge in [0.2, 0.25) is 10.0 Å². The number of methoxy groups -OCH3 is 1. The predicted molar refractivity (Wildman–Crippen MR) is 80.4 cm³/mol. The Hall–Kier alpha value is -1.64. The molecule has 124 valence electrons. The van der Waals surface area contributed by atoms with Crippen molar-refractivity contribution in [3.8, 4) is 5.75 Å². The van der Waals surface area contributed by atoms with E-state index in [0.29, 0.717) is 19.0 Å². The lowest BCUT2D eigenvalue weighted by Gasteiger charge is -2.18. The summed E-state index contributed by atoms with van der Waals surface area (Å²) in [6.07, 6.45) is 0. The first-order valence-electron chi connectivity index (χ1n) is 6.75. The van der Waals surface area contributed by atoms with Gasteiger partial charge in [-0.25, -0.2) is 8.42 Å². The van der Waals surface area contributed by atoms with E-state index in [9.17, 15) is 13.2 Å². The number of carbonyl (C=O) groups is 1. The van der Waals surface area contributed by atoms with E-state index >= 15 is 0 Å². The molecule has 0 bridgehead atoms. The molecule has 0 aliphatic heterocycles. The van der Waals surface area contributed by atoms with Crippen LogP contribution in [0.1, 0.15) is 13.8 Å². The first-order valence-corrected chi connectivity index (χ1v) is 8.23. The van der Waals surface area contributed by atoms with E-state index in [1.807, 2.05) is 0 Å². The SMILES string of the molecule is COCCOc1ccc(S(=O)(=O)N[C@@H](C(=O)O)C(C)C)cc1. The van der Waals surface area contributed by atoms with Gasteiger partial charge in [0.1, 0.15) is 18.4 Å². The van der Waals surface area contributed by atoms with Crippen LogP contribution in [0.15, 0.2) is 29.2 Å². The van der Waals surface area contributed by atoms with E-state index < -0.39 is 22.0 Å². The third-order valence-corrected chi connectivity index (χ3v) is 4.36. The predicted octanol–water partition coefficient (Wildman–Crippen LogP) is 1.10. The van der Waals surface area contributed by atoms with E-state index in [2.05, 4.69) is 4.72 Å². The van der Waals surface area contributed by atoms with Crippen molar-refractivity contribution in [2.24, 2.45) is 5.92 Å². The zero-order chi connectivity index (χ0) is 16.8. The average molecular weight is 331 g/mol. The third kappa shape index (κ3) is 5.28. The highest BCUT2D eigenvalue weighted by Crippen LogP contribution is 2.17. The Morgan fingerprint density at radius 1 is 1.23 bits per heavy atom. The van der Waals surface area contributed by atoms with Gasteiger partial charge in [0.15, 0.2) is 0 Å². The van der Waals surface area contributed by atoms with Crippen LogP contribution in [0.2, 0.25) is 0 Å². The molecule has 0 aliphatic carbocycles. The number of sulfonamides is 1. The first-order chi connectivity index (χ1) is 10.3. The molecule has 0 amide bonds. The van der Waals surface area contributed by atoms with Crippen LogP contribution in [0.5, 0.6) is 5.75 Å². The summed E-state index contributed by atoms with van der Waals surface area (Å²) in [5.74, 6) is -1.07. The maximum atomic E-state index is 12.2. The van der Waals surface area contributed by atoms with Crippen molar-refractivity contribution >= 4 is 16.0 Å². The highest BCUT2D eigenvalue weighted by Gasteiger charge is 2.27. The van der Waals surface area contributed by atoms with Crippen molar-refractivity contribution in [3.63, 3.8) is 0 Å². The first kappa shape index (κ1) is 18.4. The molecule has 0 saturated carbocycles. The van der Waals surface area contributed by atoms with Gasteiger partial charge in [-0.15, -0.1) is 0 Å². The van der Waals surface area contributed by atoms with E-state index in [4.69, 9.17) is 14.6 Å². The van der Waals surface area contributed by atoms with Gasteiger partial charge in [-0.1, -0.05) is 13.8 Å². The molecule has 0 heterocycles. The topological polar surface area (TPSA) is 102 Å². The van der Waals surface area contributed by atoms with Crippen LogP contribution in [-0.2, 0) is 19.6 Å². The maximum absolute atomic E-state index is 12.2. The summed E-state index contributed by atoms with van der Waals surface area (Å²) in [4.78, 5) is 11.1. The molecule has 8 heteroatoms. The van der Waals surface area contributed by atoms with Crippen molar-refractivity contribution in [1.29, 1.82) is 0 Å². The molecule has 0 aliphatic rings. The fraction of sp³-hybridized carbons (Fsp3) is 0.500. The number of carboxylic acid groups (broad SMARTS) is 1. The lowest BCUT2D eigenvalue weighted by atomic mass is 10.1. The van der Waals surface area contributed by atoms with Crippen LogP contribution in [0, 0.1) is 5.92 Å². The number of carboxylic acids is 1. The summed E-state index contributed by atoms with van der Waals surface area (Å²) >= 11 is 0. The molecule has 0 spiro atoms. The highest BCUT2D eigenvalue weighted by atomic mass is 32.2. The van der Waals surface area contributed by atoms with Gasteiger partial charge in [-0.05, 0) is 30.2 Å². The number of hydrogen-bond donors (Lipinski definition) is 2. The molecule has 22 heavy (non-hydrogen) atoms. The molecule has 1 rings (SSSR count).